The van der Waals surface area contributed by atoms with Crippen molar-refractivity contribution in [1.29, 1.82) is 0 Å². The summed E-state index contributed by atoms with van der Waals surface area (Å²) in [6, 6.07) is 8.12. The molecule has 1 N–H and O–H groups in total. The zero-order chi connectivity index (χ0) is 30.8. The Morgan fingerprint density at radius 3 is 1.95 bits per heavy atom. The molecule has 0 aromatic heterocycles. The molecule has 3 aliphatic rings. The second-order valence-corrected chi connectivity index (χ2v) is 20.4. The van der Waals surface area contributed by atoms with E-state index in [4.69, 9.17) is 4.74 Å². The molecule has 0 aliphatic heterocycles. The van der Waals surface area contributed by atoms with Crippen LogP contribution in [0.3, 0.4) is 0 Å². The predicted molar refractivity (Wildman–Crippen MR) is 184 cm³/mol. The van der Waals surface area contributed by atoms with Crippen LogP contribution < -0.4 is 5.19 Å². The summed E-state index contributed by atoms with van der Waals surface area (Å²) in [6.45, 7) is 13.1. The van der Waals surface area contributed by atoms with E-state index in [1.807, 2.05) is 0 Å². The number of rotatable bonds is 14. The van der Waals surface area contributed by atoms with Crippen LogP contribution in [-0.2, 0) is 16.1 Å². The summed E-state index contributed by atoms with van der Waals surface area (Å²) in [6.07, 6.45) is 23.9. The first kappa shape index (κ1) is 34.5. The molecule has 1 aromatic rings. The third-order valence-corrected chi connectivity index (χ3v) is 15.6. The molecular weight excluding hydrogens is 545 g/mol. The first-order chi connectivity index (χ1) is 20.7. The summed E-state index contributed by atoms with van der Waals surface area (Å²) < 4.78 is 5.68. The average Bonchev–Trinajstić information content (AvgIpc) is 3.03. The van der Waals surface area contributed by atoms with Crippen molar-refractivity contribution >= 4 is 19.2 Å². The van der Waals surface area contributed by atoms with Gasteiger partial charge in [0.1, 0.15) is 6.61 Å². The van der Waals surface area contributed by atoms with Gasteiger partial charge in [-0.05, 0) is 124 Å². The van der Waals surface area contributed by atoms with Crippen LogP contribution in [0.5, 0.6) is 0 Å². The molecule has 1 aromatic carbocycles. The highest BCUT2D eigenvalue weighted by molar-refractivity contribution is 6.90. The number of hydrogen-bond donors (Lipinski definition) is 1. The van der Waals surface area contributed by atoms with Crippen LogP contribution in [0.1, 0.15) is 140 Å². The van der Waals surface area contributed by atoms with Gasteiger partial charge in [-0.3, -0.25) is 0 Å². The minimum atomic E-state index is -1.75. The second-order valence-electron chi connectivity index (χ2n) is 15.5. The van der Waals surface area contributed by atoms with Crippen LogP contribution in [-0.4, -0.2) is 25.8 Å². The zero-order valence-corrected chi connectivity index (χ0v) is 29.3. The van der Waals surface area contributed by atoms with E-state index >= 15 is 0 Å². The minimum Gasteiger partial charge on any atom is -0.457 e. The molecule has 0 spiro atoms. The standard InChI is InChI=1S/C39H64O3Si/c1-6-7-8-10-30-11-13-31(14-12-30)32-15-17-33(18-16-32)34-19-21-35(22-20-34)36-23-24-38(43(4,5)26-9-25-40)37(27-36)28-42-39(41)29(2)3/h23-24,27,30-35,40H,2,6-22,25-26,28H2,1,3-5H3. The van der Waals surface area contributed by atoms with Crippen LogP contribution in [0.4, 0.5) is 0 Å². The Kier molecular flexibility index (Phi) is 13.5. The second kappa shape index (κ2) is 16.8. The number of aliphatic hydroxyl groups excluding tert-OH is 1. The number of aliphatic hydroxyl groups is 1. The van der Waals surface area contributed by atoms with Crippen molar-refractivity contribution in [3.05, 3.63) is 41.5 Å². The van der Waals surface area contributed by atoms with E-state index < -0.39 is 8.07 Å². The minimum absolute atomic E-state index is 0.236. The van der Waals surface area contributed by atoms with Crippen LogP contribution in [0.25, 0.3) is 0 Å². The smallest absolute Gasteiger partial charge is 0.333 e. The number of carbonyl (C=O) groups excluding carboxylic acids is 1. The number of esters is 1. The molecule has 43 heavy (non-hydrogen) atoms. The maximum atomic E-state index is 12.2. The van der Waals surface area contributed by atoms with E-state index in [-0.39, 0.29) is 12.6 Å². The fourth-order valence-corrected chi connectivity index (χ4v) is 12.1. The number of unbranched alkanes of at least 4 members (excludes halogenated alkanes) is 2. The van der Waals surface area contributed by atoms with E-state index in [1.165, 1.54) is 119 Å². The van der Waals surface area contributed by atoms with Crippen molar-refractivity contribution in [3.63, 3.8) is 0 Å². The quantitative estimate of drug-likeness (QED) is 0.0989. The lowest BCUT2D eigenvalue weighted by Crippen LogP contribution is -2.44. The topological polar surface area (TPSA) is 46.5 Å². The summed E-state index contributed by atoms with van der Waals surface area (Å²) in [4.78, 5) is 12.2. The molecule has 0 heterocycles. The molecule has 0 unspecified atom stereocenters. The molecule has 3 saturated carbocycles. The van der Waals surface area contributed by atoms with Gasteiger partial charge >= 0.3 is 5.97 Å². The van der Waals surface area contributed by atoms with Crippen molar-refractivity contribution in [2.24, 2.45) is 29.6 Å². The molecule has 0 saturated heterocycles. The van der Waals surface area contributed by atoms with Gasteiger partial charge in [-0.2, -0.15) is 0 Å². The number of hydrogen-bond acceptors (Lipinski definition) is 3. The normalized spacial score (nSPS) is 28.4. The van der Waals surface area contributed by atoms with E-state index in [0.717, 1.165) is 42.1 Å². The van der Waals surface area contributed by atoms with Gasteiger partial charge in [0.05, 0.1) is 8.07 Å². The predicted octanol–water partition coefficient (Wildman–Crippen LogP) is 10.1. The van der Waals surface area contributed by atoms with Crippen LogP contribution in [0, 0.1) is 29.6 Å². The lowest BCUT2D eigenvalue weighted by Gasteiger charge is -2.41. The molecule has 3 nitrogen and oxygen atoms in total. The Morgan fingerprint density at radius 1 is 0.860 bits per heavy atom. The van der Waals surface area contributed by atoms with Gasteiger partial charge in [-0.15, -0.1) is 0 Å². The fourth-order valence-electron chi connectivity index (χ4n) is 9.21. The molecule has 0 radical (unpaired) electrons. The monoisotopic (exact) mass is 608 g/mol. The van der Waals surface area contributed by atoms with E-state index in [0.29, 0.717) is 18.1 Å². The fraction of sp³-hybridized carbons (Fsp3) is 0.769. The first-order valence-corrected chi connectivity index (χ1v) is 21.5. The maximum absolute atomic E-state index is 12.2. The average molecular weight is 609 g/mol. The number of benzene rings is 1. The summed E-state index contributed by atoms with van der Waals surface area (Å²) >= 11 is 0. The van der Waals surface area contributed by atoms with Crippen molar-refractivity contribution in [2.45, 2.75) is 155 Å². The molecule has 3 fully saturated rings. The lowest BCUT2D eigenvalue weighted by molar-refractivity contribution is -0.140. The zero-order valence-electron chi connectivity index (χ0n) is 28.3. The van der Waals surface area contributed by atoms with Gasteiger partial charge < -0.3 is 9.84 Å². The van der Waals surface area contributed by atoms with E-state index in [9.17, 15) is 9.90 Å². The van der Waals surface area contributed by atoms with Gasteiger partial charge in [-0.25, -0.2) is 4.79 Å². The maximum Gasteiger partial charge on any atom is 0.333 e. The molecule has 0 bridgehead atoms. The number of ether oxygens (including phenoxy) is 1. The highest BCUT2D eigenvalue weighted by Gasteiger charge is 2.35. The molecule has 0 atom stereocenters. The Balaban J connectivity index is 1.28. The SMILES string of the molecule is C=C(C)C(=O)OCc1cc(C2CCC(C3CCC(C4CCC(CCCCC)CC4)CC3)CC2)ccc1[Si](C)(C)CCCO. The van der Waals surface area contributed by atoms with Crippen molar-refractivity contribution in [1.82, 2.24) is 0 Å². The first-order valence-electron chi connectivity index (χ1n) is 18.3. The Hall–Kier alpha value is -1.39. The van der Waals surface area contributed by atoms with Gasteiger partial charge in [0.25, 0.3) is 0 Å². The molecular formula is C39H64O3Si. The van der Waals surface area contributed by atoms with Gasteiger partial charge in [0, 0.05) is 12.2 Å². The summed E-state index contributed by atoms with van der Waals surface area (Å²) in [7, 11) is -1.75. The Labute approximate surface area is 265 Å². The third-order valence-electron chi connectivity index (χ3n) is 12.0. The molecule has 0 amide bonds. The van der Waals surface area contributed by atoms with Gasteiger partial charge in [0.2, 0.25) is 0 Å². The van der Waals surface area contributed by atoms with E-state index in [1.54, 1.807) is 6.92 Å². The summed E-state index contributed by atoms with van der Waals surface area (Å²) in [5.41, 5.74) is 3.06. The highest BCUT2D eigenvalue weighted by Crippen LogP contribution is 2.47. The van der Waals surface area contributed by atoms with Crippen LogP contribution >= 0.6 is 0 Å². The largest absolute Gasteiger partial charge is 0.457 e. The summed E-state index contributed by atoms with van der Waals surface area (Å²) in [5, 5.41) is 10.8. The Morgan fingerprint density at radius 2 is 1.42 bits per heavy atom. The van der Waals surface area contributed by atoms with Crippen LogP contribution in [0.2, 0.25) is 19.1 Å². The third kappa shape index (κ3) is 9.80. The molecule has 4 rings (SSSR count). The number of carbonyl (C=O) groups is 1. The van der Waals surface area contributed by atoms with Crippen molar-refractivity contribution < 1.29 is 14.6 Å². The Bertz CT molecular complexity index is 1010. The molecule has 4 heteroatoms. The van der Waals surface area contributed by atoms with E-state index in [2.05, 4.69) is 44.8 Å². The van der Waals surface area contributed by atoms with Gasteiger partial charge in [-0.1, -0.05) is 94.6 Å². The lowest BCUT2D eigenvalue weighted by atomic mass is 9.64. The van der Waals surface area contributed by atoms with Crippen molar-refractivity contribution in [2.75, 3.05) is 6.61 Å². The van der Waals surface area contributed by atoms with Gasteiger partial charge in [0.15, 0.2) is 0 Å². The molecule has 3 aliphatic carbocycles. The summed E-state index contributed by atoms with van der Waals surface area (Å²) in [5.74, 6) is 5.27. The van der Waals surface area contributed by atoms with Crippen LogP contribution in [0.15, 0.2) is 30.4 Å². The van der Waals surface area contributed by atoms with Crippen molar-refractivity contribution in [3.8, 4) is 0 Å². The highest BCUT2D eigenvalue weighted by atomic mass is 28.3. The molecule has 242 valence electrons.